The minimum absolute atomic E-state index is 0.111. The fourth-order valence-electron chi connectivity index (χ4n) is 2.43. The molecule has 1 atom stereocenters. The molecule has 100 valence electrons. The quantitative estimate of drug-likeness (QED) is 0.874. The van der Waals surface area contributed by atoms with E-state index in [2.05, 4.69) is 37.4 Å². The molecule has 1 unspecified atom stereocenters. The van der Waals surface area contributed by atoms with Crippen LogP contribution in [0.5, 0.6) is 0 Å². The molecule has 0 saturated heterocycles. The first-order chi connectivity index (χ1) is 9.02. The summed E-state index contributed by atoms with van der Waals surface area (Å²) in [7, 11) is 1.87. The molecule has 0 heterocycles. The number of aryl methyl sites for hydroxylation is 3. The molecule has 2 heteroatoms. The van der Waals surface area contributed by atoms with E-state index in [9.17, 15) is 4.39 Å². The van der Waals surface area contributed by atoms with E-state index < -0.39 is 0 Å². The van der Waals surface area contributed by atoms with Gasteiger partial charge in [-0.3, -0.25) is 0 Å². The van der Waals surface area contributed by atoms with Crippen LogP contribution in [0.3, 0.4) is 0 Å². The predicted octanol–water partition coefficient (Wildman–Crippen LogP) is 4.06. The Bertz CT molecular complexity index is 538. The Morgan fingerprint density at radius 1 is 0.895 bits per heavy atom. The van der Waals surface area contributed by atoms with Crippen molar-refractivity contribution in [1.29, 1.82) is 0 Å². The smallest absolute Gasteiger partial charge is 0.128 e. The monoisotopic (exact) mass is 257 g/mol. The number of hydrogen-bond donors (Lipinski definition) is 1. The number of benzene rings is 2. The van der Waals surface area contributed by atoms with Crippen LogP contribution in [-0.2, 0) is 0 Å². The lowest BCUT2D eigenvalue weighted by molar-refractivity contribution is 0.574. The molecular formula is C17H20FN. The molecule has 0 bridgehead atoms. The third-order valence-corrected chi connectivity index (χ3v) is 3.50. The third kappa shape index (κ3) is 2.85. The summed E-state index contributed by atoms with van der Waals surface area (Å²) >= 11 is 0. The van der Waals surface area contributed by atoms with Gasteiger partial charge in [-0.2, -0.15) is 0 Å². The first-order valence-electron chi connectivity index (χ1n) is 6.53. The van der Waals surface area contributed by atoms with Gasteiger partial charge >= 0.3 is 0 Å². The van der Waals surface area contributed by atoms with Gasteiger partial charge in [-0.1, -0.05) is 41.5 Å². The molecule has 0 fully saturated rings. The minimum atomic E-state index is -0.161. The number of nitrogens with one attached hydrogen (secondary N) is 1. The van der Waals surface area contributed by atoms with E-state index in [1.54, 1.807) is 12.1 Å². The van der Waals surface area contributed by atoms with Gasteiger partial charge in [0.05, 0.1) is 6.04 Å². The van der Waals surface area contributed by atoms with Crippen LogP contribution in [0.1, 0.15) is 33.9 Å². The van der Waals surface area contributed by atoms with Crippen molar-refractivity contribution in [1.82, 2.24) is 5.32 Å². The number of hydrogen-bond acceptors (Lipinski definition) is 1. The topological polar surface area (TPSA) is 12.0 Å². The highest BCUT2D eigenvalue weighted by Crippen LogP contribution is 2.28. The summed E-state index contributed by atoms with van der Waals surface area (Å²) in [5.74, 6) is -0.161. The Morgan fingerprint density at radius 3 is 2.11 bits per heavy atom. The summed E-state index contributed by atoms with van der Waals surface area (Å²) in [6, 6.07) is 11.4. The fraction of sp³-hybridized carbons (Fsp3) is 0.294. The standard InChI is InChI=1S/C17H20FN/c1-11-5-7-13(3)14(9-11)17(19-4)15-10-12(2)6-8-16(15)18/h5-10,17,19H,1-4H3. The van der Waals surface area contributed by atoms with Gasteiger partial charge in [0, 0.05) is 5.56 Å². The van der Waals surface area contributed by atoms with Crippen molar-refractivity contribution in [2.75, 3.05) is 7.05 Å². The second-order valence-corrected chi connectivity index (χ2v) is 5.11. The van der Waals surface area contributed by atoms with Crippen LogP contribution in [0, 0.1) is 26.6 Å². The summed E-state index contributed by atoms with van der Waals surface area (Å²) in [6.07, 6.45) is 0. The van der Waals surface area contributed by atoms with Crippen LogP contribution in [-0.4, -0.2) is 7.05 Å². The van der Waals surface area contributed by atoms with E-state index in [4.69, 9.17) is 0 Å². The van der Waals surface area contributed by atoms with Gasteiger partial charge in [-0.05, 0) is 45.0 Å². The first kappa shape index (κ1) is 13.8. The molecule has 0 aliphatic carbocycles. The number of rotatable bonds is 3. The zero-order valence-electron chi connectivity index (χ0n) is 11.9. The molecule has 2 aromatic carbocycles. The average Bonchev–Trinajstić information content (AvgIpc) is 2.38. The van der Waals surface area contributed by atoms with E-state index in [1.807, 2.05) is 20.0 Å². The first-order valence-corrected chi connectivity index (χ1v) is 6.53. The van der Waals surface area contributed by atoms with Crippen molar-refractivity contribution in [3.05, 3.63) is 70.0 Å². The van der Waals surface area contributed by atoms with Crippen molar-refractivity contribution in [3.63, 3.8) is 0 Å². The van der Waals surface area contributed by atoms with Crippen molar-refractivity contribution in [3.8, 4) is 0 Å². The van der Waals surface area contributed by atoms with Crippen molar-refractivity contribution < 1.29 is 4.39 Å². The van der Waals surface area contributed by atoms with Gasteiger partial charge in [0.1, 0.15) is 5.82 Å². The summed E-state index contributed by atoms with van der Waals surface area (Å²) in [5.41, 5.74) is 5.27. The fourth-order valence-corrected chi connectivity index (χ4v) is 2.43. The highest BCUT2D eigenvalue weighted by atomic mass is 19.1. The molecule has 0 spiro atoms. The van der Waals surface area contributed by atoms with E-state index in [0.29, 0.717) is 5.56 Å². The lowest BCUT2D eigenvalue weighted by atomic mass is 9.92. The normalized spacial score (nSPS) is 12.5. The Hall–Kier alpha value is -1.67. The molecule has 0 saturated carbocycles. The molecular weight excluding hydrogens is 237 g/mol. The highest BCUT2D eigenvalue weighted by Gasteiger charge is 2.18. The van der Waals surface area contributed by atoms with Crippen LogP contribution < -0.4 is 5.32 Å². The zero-order chi connectivity index (χ0) is 14.0. The summed E-state index contributed by atoms with van der Waals surface area (Å²) in [5, 5.41) is 3.23. The molecule has 0 radical (unpaired) electrons. The van der Waals surface area contributed by atoms with E-state index >= 15 is 0 Å². The Balaban J connectivity index is 2.55. The lowest BCUT2D eigenvalue weighted by Crippen LogP contribution is -2.20. The number of halogens is 1. The summed E-state index contributed by atoms with van der Waals surface area (Å²) in [6.45, 7) is 6.10. The van der Waals surface area contributed by atoms with Gasteiger partial charge < -0.3 is 5.32 Å². The van der Waals surface area contributed by atoms with Gasteiger partial charge in [-0.15, -0.1) is 0 Å². The highest BCUT2D eigenvalue weighted by molar-refractivity contribution is 5.40. The molecule has 0 aromatic heterocycles. The molecule has 0 aliphatic rings. The van der Waals surface area contributed by atoms with Crippen LogP contribution >= 0.6 is 0 Å². The largest absolute Gasteiger partial charge is 0.309 e. The van der Waals surface area contributed by atoms with Crippen molar-refractivity contribution in [2.45, 2.75) is 26.8 Å². The zero-order valence-corrected chi connectivity index (χ0v) is 11.9. The molecule has 2 aromatic rings. The molecule has 19 heavy (non-hydrogen) atoms. The summed E-state index contributed by atoms with van der Waals surface area (Å²) in [4.78, 5) is 0. The SMILES string of the molecule is CNC(c1cc(C)ccc1C)c1cc(C)ccc1F. The maximum Gasteiger partial charge on any atom is 0.128 e. The van der Waals surface area contributed by atoms with Crippen LogP contribution in [0.15, 0.2) is 36.4 Å². The Labute approximate surface area is 114 Å². The van der Waals surface area contributed by atoms with Gasteiger partial charge in [0.15, 0.2) is 0 Å². The van der Waals surface area contributed by atoms with Crippen LogP contribution in [0.2, 0.25) is 0 Å². The van der Waals surface area contributed by atoms with Gasteiger partial charge in [0.25, 0.3) is 0 Å². The Kier molecular flexibility index (Phi) is 4.01. The lowest BCUT2D eigenvalue weighted by Gasteiger charge is -2.21. The van der Waals surface area contributed by atoms with Crippen LogP contribution in [0.4, 0.5) is 4.39 Å². The van der Waals surface area contributed by atoms with Gasteiger partial charge in [0.2, 0.25) is 0 Å². The van der Waals surface area contributed by atoms with E-state index in [-0.39, 0.29) is 11.9 Å². The predicted molar refractivity (Wildman–Crippen MR) is 78.0 cm³/mol. The van der Waals surface area contributed by atoms with Crippen molar-refractivity contribution >= 4 is 0 Å². The van der Waals surface area contributed by atoms with E-state index in [0.717, 1.165) is 11.1 Å². The van der Waals surface area contributed by atoms with Gasteiger partial charge in [-0.25, -0.2) is 4.39 Å². The second kappa shape index (κ2) is 5.54. The Morgan fingerprint density at radius 2 is 1.47 bits per heavy atom. The maximum atomic E-state index is 14.1. The average molecular weight is 257 g/mol. The molecule has 0 aliphatic heterocycles. The molecule has 0 amide bonds. The van der Waals surface area contributed by atoms with Crippen LogP contribution in [0.25, 0.3) is 0 Å². The third-order valence-electron chi connectivity index (χ3n) is 3.50. The van der Waals surface area contributed by atoms with E-state index in [1.165, 1.54) is 11.1 Å². The molecule has 1 N–H and O–H groups in total. The maximum absolute atomic E-state index is 14.1. The summed E-state index contributed by atoms with van der Waals surface area (Å²) < 4.78 is 14.1. The second-order valence-electron chi connectivity index (χ2n) is 5.11. The molecule has 1 nitrogen and oxygen atoms in total. The molecule has 2 rings (SSSR count). The minimum Gasteiger partial charge on any atom is -0.309 e. The van der Waals surface area contributed by atoms with Crippen molar-refractivity contribution in [2.24, 2.45) is 0 Å².